The third kappa shape index (κ3) is 6.32. The first-order valence-electron chi connectivity index (χ1n) is 6.79. The highest BCUT2D eigenvalue weighted by molar-refractivity contribution is 6.32. The van der Waals surface area contributed by atoms with Gasteiger partial charge in [-0.05, 0) is 12.1 Å². The van der Waals surface area contributed by atoms with E-state index in [0.717, 1.165) is 0 Å². The fraction of sp³-hybridized carbons (Fsp3) is 0.467. The standard InChI is InChI=1S/C15H20ClNO5/c1-20-10-9-17(8-7-15(19)21-2)14(18)11-22-13-6-4-3-5-12(13)16/h3-6H,7-11H2,1-2H3. The van der Waals surface area contributed by atoms with Gasteiger partial charge in [-0.3, -0.25) is 9.59 Å². The van der Waals surface area contributed by atoms with Gasteiger partial charge in [0.1, 0.15) is 5.75 Å². The molecule has 0 spiro atoms. The molecule has 0 heterocycles. The van der Waals surface area contributed by atoms with E-state index < -0.39 is 0 Å². The largest absolute Gasteiger partial charge is 0.482 e. The van der Waals surface area contributed by atoms with Crippen molar-refractivity contribution in [3.05, 3.63) is 29.3 Å². The van der Waals surface area contributed by atoms with Crippen molar-refractivity contribution in [2.24, 2.45) is 0 Å². The van der Waals surface area contributed by atoms with Crippen molar-refractivity contribution in [3.8, 4) is 5.75 Å². The Morgan fingerprint density at radius 2 is 1.91 bits per heavy atom. The van der Waals surface area contributed by atoms with E-state index in [4.69, 9.17) is 21.1 Å². The number of hydrogen-bond donors (Lipinski definition) is 0. The third-order valence-electron chi connectivity index (χ3n) is 2.92. The predicted octanol–water partition coefficient (Wildman–Crippen LogP) is 1.76. The summed E-state index contributed by atoms with van der Waals surface area (Å²) >= 11 is 5.96. The second kappa shape index (κ2) is 10.0. The molecular formula is C15H20ClNO5. The molecule has 0 aliphatic carbocycles. The van der Waals surface area contributed by atoms with Crippen LogP contribution in [-0.4, -0.2) is 57.3 Å². The average Bonchev–Trinajstić information content (AvgIpc) is 2.53. The molecule has 0 aliphatic rings. The highest BCUT2D eigenvalue weighted by Crippen LogP contribution is 2.22. The molecule has 0 aromatic heterocycles. The number of para-hydroxylation sites is 1. The average molecular weight is 330 g/mol. The topological polar surface area (TPSA) is 65.1 Å². The molecule has 1 amide bonds. The van der Waals surface area contributed by atoms with Gasteiger partial charge >= 0.3 is 5.97 Å². The summed E-state index contributed by atoms with van der Waals surface area (Å²) in [5, 5.41) is 0.438. The molecule has 1 rings (SSSR count). The molecule has 1 aromatic rings. The lowest BCUT2D eigenvalue weighted by Crippen LogP contribution is -2.38. The Hall–Kier alpha value is -1.79. The van der Waals surface area contributed by atoms with Crippen molar-refractivity contribution in [2.75, 3.05) is 40.5 Å². The summed E-state index contributed by atoms with van der Waals surface area (Å²) in [5.41, 5.74) is 0. The number of carbonyl (C=O) groups excluding carboxylic acids is 2. The molecule has 1 aromatic carbocycles. The summed E-state index contributed by atoms with van der Waals surface area (Å²) in [7, 11) is 2.85. The molecule has 0 saturated carbocycles. The van der Waals surface area contributed by atoms with Crippen LogP contribution < -0.4 is 4.74 Å². The monoisotopic (exact) mass is 329 g/mol. The van der Waals surface area contributed by atoms with E-state index in [1.807, 2.05) is 0 Å². The number of amides is 1. The van der Waals surface area contributed by atoms with Gasteiger partial charge in [0.25, 0.3) is 5.91 Å². The van der Waals surface area contributed by atoms with Crippen molar-refractivity contribution in [1.82, 2.24) is 4.90 Å². The number of carbonyl (C=O) groups is 2. The first-order valence-corrected chi connectivity index (χ1v) is 7.17. The van der Waals surface area contributed by atoms with Gasteiger partial charge in [-0.1, -0.05) is 23.7 Å². The number of benzene rings is 1. The van der Waals surface area contributed by atoms with Crippen LogP contribution in [0.5, 0.6) is 5.75 Å². The minimum Gasteiger partial charge on any atom is -0.482 e. The quantitative estimate of drug-likeness (QED) is 0.646. The molecule has 0 atom stereocenters. The van der Waals surface area contributed by atoms with Gasteiger partial charge in [-0.15, -0.1) is 0 Å². The fourth-order valence-electron chi connectivity index (χ4n) is 1.68. The Morgan fingerprint density at radius 3 is 2.55 bits per heavy atom. The maximum atomic E-state index is 12.2. The summed E-state index contributed by atoms with van der Waals surface area (Å²) in [6.45, 7) is 0.840. The van der Waals surface area contributed by atoms with Crippen LogP contribution in [0.15, 0.2) is 24.3 Å². The Balaban J connectivity index is 2.55. The van der Waals surface area contributed by atoms with Crippen molar-refractivity contribution >= 4 is 23.5 Å². The van der Waals surface area contributed by atoms with E-state index in [1.165, 1.54) is 12.0 Å². The van der Waals surface area contributed by atoms with E-state index in [-0.39, 0.29) is 31.4 Å². The van der Waals surface area contributed by atoms with Crippen molar-refractivity contribution in [2.45, 2.75) is 6.42 Å². The number of esters is 1. The predicted molar refractivity (Wildman–Crippen MR) is 82.0 cm³/mol. The van der Waals surface area contributed by atoms with E-state index >= 15 is 0 Å². The van der Waals surface area contributed by atoms with Crippen LogP contribution in [0.25, 0.3) is 0 Å². The zero-order valence-electron chi connectivity index (χ0n) is 12.7. The van der Waals surface area contributed by atoms with Gasteiger partial charge in [-0.2, -0.15) is 0 Å². The number of nitrogens with zero attached hydrogens (tertiary/aromatic N) is 1. The molecule has 0 aliphatic heterocycles. The summed E-state index contributed by atoms with van der Waals surface area (Å²) in [5.74, 6) is -0.180. The number of methoxy groups -OCH3 is 2. The van der Waals surface area contributed by atoms with Crippen LogP contribution in [-0.2, 0) is 19.1 Å². The summed E-state index contributed by atoms with van der Waals surface area (Å²) < 4.78 is 15.0. The number of ether oxygens (including phenoxy) is 3. The smallest absolute Gasteiger partial charge is 0.307 e. The van der Waals surface area contributed by atoms with Crippen LogP contribution in [0, 0.1) is 0 Å². The lowest BCUT2D eigenvalue weighted by atomic mass is 10.3. The lowest BCUT2D eigenvalue weighted by molar-refractivity contribution is -0.142. The SMILES string of the molecule is COCCN(CCC(=O)OC)C(=O)COc1ccccc1Cl. The van der Waals surface area contributed by atoms with E-state index in [9.17, 15) is 9.59 Å². The van der Waals surface area contributed by atoms with Crippen LogP contribution in [0.1, 0.15) is 6.42 Å². The second-order valence-corrected chi connectivity index (χ2v) is 4.83. The maximum Gasteiger partial charge on any atom is 0.307 e. The zero-order valence-corrected chi connectivity index (χ0v) is 13.5. The third-order valence-corrected chi connectivity index (χ3v) is 3.23. The zero-order chi connectivity index (χ0) is 16.4. The molecule has 22 heavy (non-hydrogen) atoms. The molecule has 0 unspecified atom stereocenters. The van der Waals surface area contributed by atoms with Crippen molar-refractivity contribution in [1.29, 1.82) is 0 Å². The molecule has 0 fully saturated rings. The maximum absolute atomic E-state index is 12.2. The summed E-state index contributed by atoms with van der Waals surface area (Å²) in [4.78, 5) is 24.9. The van der Waals surface area contributed by atoms with E-state index in [2.05, 4.69) is 4.74 Å². The van der Waals surface area contributed by atoms with Crippen molar-refractivity contribution in [3.63, 3.8) is 0 Å². The van der Waals surface area contributed by atoms with Crippen LogP contribution in [0.2, 0.25) is 5.02 Å². The van der Waals surface area contributed by atoms with Gasteiger partial charge in [0.2, 0.25) is 0 Å². The van der Waals surface area contributed by atoms with Gasteiger partial charge < -0.3 is 19.1 Å². The van der Waals surface area contributed by atoms with Crippen LogP contribution >= 0.6 is 11.6 Å². The fourth-order valence-corrected chi connectivity index (χ4v) is 1.87. The van der Waals surface area contributed by atoms with E-state index in [1.54, 1.807) is 31.4 Å². The summed E-state index contributed by atoms with van der Waals surface area (Å²) in [6.07, 6.45) is 0.123. The first kappa shape index (κ1) is 18.3. The Bertz CT molecular complexity index is 495. The van der Waals surface area contributed by atoms with Crippen LogP contribution in [0.3, 0.4) is 0 Å². The highest BCUT2D eigenvalue weighted by atomic mass is 35.5. The molecule has 122 valence electrons. The molecule has 0 saturated heterocycles. The lowest BCUT2D eigenvalue weighted by Gasteiger charge is -2.22. The Morgan fingerprint density at radius 1 is 1.18 bits per heavy atom. The molecule has 0 N–H and O–H groups in total. The minimum atomic E-state index is -0.373. The molecule has 6 nitrogen and oxygen atoms in total. The Labute approximate surface area is 134 Å². The van der Waals surface area contributed by atoms with Gasteiger partial charge in [0.05, 0.1) is 25.2 Å². The number of hydrogen-bond acceptors (Lipinski definition) is 5. The van der Waals surface area contributed by atoms with Gasteiger partial charge in [0.15, 0.2) is 6.61 Å². The molecule has 0 radical (unpaired) electrons. The summed E-state index contributed by atoms with van der Waals surface area (Å²) in [6, 6.07) is 6.91. The first-order chi connectivity index (χ1) is 10.6. The molecule has 0 bridgehead atoms. The minimum absolute atomic E-state index is 0.123. The van der Waals surface area contributed by atoms with Gasteiger partial charge in [0, 0.05) is 20.2 Å². The molecular weight excluding hydrogens is 310 g/mol. The number of halogens is 1. The van der Waals surface area contributed by atoms with Crippen LogP contribution in [0.4, 0.5) is 0 Å². The Kier molecular flexibility index (Phi) is 8.32. The van der Waals surface area contributed by atoms with Crippen molar-refractivity contribution < 1.29 is 23.8 Å². The highest BCUT2D eigenvalue weighted by Gasteiger charge is 2.16. The molecule has 7 heteroatoms. The van der Waals surface area contributed by atoms with Gasteiger partial charge in [-0.25, -0.2) is 0 Å². The van der Waals surface area contributed by atoms with E-state index in [0.29, 0.717) is 23.9 Å². The number of rotatable bonds is 9. The normalized spacial score (nSPS) is 10.1. The second-order valence-electron chi connectivity index (χ2n) is 4.42.